The summed E-state index contributed by atoms with van der Waals surface area (Å²) in [4.78, 5) is 16.9. The highest BCUT2D eigenvalue weighted by molar-refractivity contribution is 8.00. The molecule has 4 nitrogen and oxygen atoms in total. The molecule has 3 N–H and O–H groups in total. The number of nitrogens with two attached hydrogens (primary N) is 1. The maximum Gasteiger partial charge on any atom is 0.230 e. The highest BCUT2D eigenvalue weighted by Crippen LogP contribution is 2.22. The summed E-state index contributed by atoms with van der Waals surface area (Å²) in [6, 6.07) is 10.9. The van der Waals surface area contributed by atoms with E-state index in [2.05, 4.69) is 10.3 Å². The van der Waals surface area contributed by atoms with Crippen molar-refractivity contribution in [3.8, 4) is 0 Å². The summed E-state index contributed by atoms with van der Waals surface area (Å²) in [7, 11) is 0. The number of nitrogen functional groups attached to an aromatic ring is 1. The Hall–Kier alpha value is -1.72. The zero-order chi connectivity index (χ0) is 15.2. The van der Waals surface area contributed by atoms with Gasteiger partial charge in [0.1, 0.15) is 5.82 Å². The number of nitrogens with one attached hydrogen (secondary N) is 1. The maximum atomic E-state index is 12.0. The van der Waals surface area contributed by atoms with Crippen molar-refractivity contribution >= 4 is 35.1 Å². The van der Waals surface area contributed by atoms with E-state index < -0.39 is 0 Å². The van der Waals surface area contributed by atoms with Crippen molar-refractivity contribution in [2.45, 2.75) is 17.9 Å². The van der Waals surface area contributed by atoms with Gasteiger partial charge in [-0.1, -0.05) is 29.8 Å². The molecule has 2 aromatic rings. The number of thioether (sulfide) groups is 1. The smallest absolute Gasteiger partial charge is 0.230 e. The van der Waals surface area contributed by atoms with Crippen LogP contribution in [-0.4, -0.2) is 16.6 Å². The van der Waals surface area contributed by atoms with E-state index in [0.717, 1.165) is 10.5 Å². The number of carbonyl (C=O) groups excluding carboxylic acids is 1. The van der Waals surface area contributed by atoms with Gasteiger partial charge in [-0.3, -0.25) is 4.79 Å². The van der Waals surface area contributed by atoms with E-state index in [9.17, 15) is 4.79 Å². The predicted molar refractivity (Wildman–Crippen MR) is 87.4 cm³/mol. The fourth-order valence-electron chi connectivity index (χ4n) is 1.81. The highest BCUT2D eigenvalue weighted by atomic mass is 35.5. The first-order valence-electron chi connectivity index (χ1n) is 6.44. The lowest BCUT2D eigenvalue weighted by Gasteiger charge is -2.15. The third-order valence-electron chi connectivity index (χ3n) is 2.88. The molecule has 0 radical (unpaired) electrons. The molecule has 6 heteroatoms. The molecule has 110 valence electrons. The van der Waals surface area contributed by atoms with Gasteiger partial charge in [0.2, 0.25) is 5.91 Å². The predicted octanol–water partition coefficient (Wildman–Crippen LogP) is 3.29. The molecule has 0 spiro atoms. The Bertz CT molecular complexity index is 619. The average Bonchev–Trinajstić information content (AvgIpc) is 2.47. The molecule has 21 heavy (non-hydrogen) atoms. The van der Waals surface area contributed by atoms with Gasteiger partial charge in [0.15, 0.2) is 0 Å². The maximum absolute atomic E-state index is 12.0. The van der Waals surface area contributed by atoms with Crippen LogP contribution in [0, 0.1) is 0 Å². The number of amides is 1. The van der Waals surface area contributed by atoms with Crippen LogP contribution in [0.25, 0.3) is 0 Å². The van der Waals surface area contributed by atoms with Crippen molar-refractivity contribution < 1.29 is 4.79 Å². The van der Waals surface area contributed by atoms with Crippen LogP contribution < -0.4 is 11.1 Å². The largest absolute Gasteiger partial charge is 0.384 e. The number of halogens is 1. The van der Waals surface area contributed by atoms with Gasteiger partial charge in [-0.2, -0.15) is 0 Å². The van der Waals surface area contributed by atoms with Crippen LogP contribution in [-0.2, 0) is 4.79 Å². The first kappa shape index (κ1) is 15.7. The summed E-state index contributed by atoms with van der Waals surface area (Å²) in [6.07, 6.45) is 1.66. The zero-order valence-corrected chi connectivity index (χ0v) is 13.1. The van der Waals surface area contributed by atoms with Crippen molar-refractivity contribution in [3.05, 3.63) is 53.2 Å². The number of rotatable bonds is 5. The molecule has 0 aliphatic heterocycles. The number of hydrogen-bond acceptors (Lipinski definition) is 4. The Morgan fingerprint density at radius 3 is 2.81 bits per heavy atom. The van der Waals surface area contributed by atoms with E-state index in [0.29, 0.717) is 16.6 Å². The molecular weight excluding hydrogens is 306 g/mol. The van der Waals surface area contributed by atoms with Crippen molar-refractivity contribution in [1.82, 2.24) is 10.3 Å². The van der Waals surface area contributed by atoms with Gasteiger partial charge < -0.3 is 11.1 Å². The normalized spacial score (nSPS) is 11.9. The van der Waals surface area contributed by atoms with E-state index in [1.165, 1.54) is 11.8 Å². The summed E-state index contributed by atoms with van der Waals surface area (Å²) >= 11 is 7.53. The molecular formula is C15H16ClN3OS. The second kappa shape index (κ2) is 7.33. The van der Waals surface area contributed by atoms with Gasteiger partial charge in [0, 0.05) is 16.1 Å². The van der Waals surface area contributed by atoms with Crippen LogP contribution in [0.4, 0.5) is 5.82 Å². The minimum absolute atomic E-state index is 0.0516. The van der Waals surface area contributed by atoms with Crippen LogP contribution in [0.5, 0.6) is 0 Å². The van der Waals surface area contributed by atoms with E-state index >= 15 is 0 Å². The van der Waals surface area contributed by atoms with Gasteiger partial charge in [-0.25, -0.2) is 4.98 Å². The molecule has 0 aliphatic rings. The Labute approximate surface area is 133 Å². The van der Waals surface area contributed by atoms with Crippen molar-refractivity contribution in [1.29, 1.82) is 0 Å². The lowest BCUT2D eigenvalue weighted by molar-refractivity contribution is -0.119. The molecule has 0 saturated carbocycles. The molecule has 1 unspecified atom stereocenters. The molecule has 0 bridgehead atoms. The number of benzene rings is 1. The Balaban J connectivity index is 1.87. The second-order valence-corrected chi connectivity index (χ2v) is 5.97. The number of pyridine rings is 1. The molecule has 0 saturated heterocycles. The van der Waals surface area contributed by atoms with Gasteiger partial charge >= 0.3 is 0 Å². The lowest BCUT2D eigenvalue weighted by Crippen LogP contribution is -2.28. The van der Waals surface area contributed by atoms with E-state index in [1.54, 1.807) is 12.3 Å². The summed E-state index contributed by atoms with van der Waals surface area (Å²) in [5.74, 6) is 0.737. The van der Waals surface area contributed by atoms with Crippen molar-refractivity contribution in [3.63, 3.8) is 0 Å². The number of carbonyl (C=O) groups is 1. The number of aromatic nitrogens is 1. The van der Waals surface area contributed by atoms with Crippen molar-refractivity contribution in [2.75, 3.05) is 11.5 Å². The Morgan fingerprint density at radius 2 is 2.14 bits per heavy atom. The number of anilines is 1. The molecule has 0 aliphatic carbocycles. The van der Waals surface area contributed by atoms with Crippen LogP contribution in [0.2, 0.25) is 5.02 Å². The lowest BCUT2D eigenvalue weighted by atomic mass is 10.1. The minimum atomic E-state index is -0.128. The third kappa shape index (κ3) is 4.65. The zero-order valence-electron chi connectivity index (χ0n) is 11.5. The highest BCUT2D eigenvalue weighted by Gasteiger charge is 2.12. The van der Waals surface area contributed by atoms with Gasteiger partial charge in [-0.15, -0.1) is 11.8 Å². The van der Waals surface area contributed by atoms with Gasteiger partial charge in [0.25, 0.3) is 0 Å². The summed E-state index contributed by atoms with van der Waals surface area (Å²) in [5, 5.41) is 3.58. The monoisotopic (exact) mass is 321 g/mol. The molecule has 1 aromatic carbocycles. The third-order valence-corrected chi connectivity index (χ3v) is 4.20. The van der Waals surface area contributed by atoms with Gasteiger partial charge in [-0.05, 0) is 30.7 Å². The molecule has 1 atom stereocenters. The van der Waals surface area contributed by atoms with E-state index in [-0.39, 0.29) is 11.9 Å². The molecule has 1 aromatic heterocycles. The number of hydrogen-bond donors (Lipinski definition) is 2. The van der Waals surface area contributed by atoms with Crippen LogP contribution in [0.3, 0.4) is 0 Å². The minimum Gasteiger partial charge on any atom is -0.384 e. The first-order chi connectivity index (χ1) is 10.1. The Morgan fingerprint density at radius 1 is 1.38 bits per heavy atom. The SMILES string of the molecule is CC(NC(=O)CSc1ccc(N)nc1)c1ccccc1Cl. The quantitative estimate of drug-likeness (QED) is 0.829. The molecule has 1 heterocycles. The van der Waals surface area contributed by atoms with E-state index in [4.69, 9.17) is 17.3 Å². The molecule has 1 amide bonds. The second-order valence-electron chi connectivity index (χ2n) is 4.52. The fourth-order valence-corrected chi connectivity index (χ4v) is 2.79. The van der Waals surface area contributed by atoms with E-state index in [1.807, 2.05) is 37.3 Å². The molecule has 0 fully saturated rings. The summed E-state index contributed by atoms with van der Waals surface area (Å²) < 4.78 is 0. The topological polar surface area (TPSA) is 68.0 Å². The fraction of sp³-hybridized carbons (Fsp3) is 0.200. The van der Waals surface area contributed by atoms with Crippen LogP contribution >= 0.6 is 23.4 Å². The van der Waals surface area contributed by atoms with Crippen LogP contribution in [0.15, 0.2) is 47.5 Å². The summed E-state index contributed by atoms with van der Waals surface area (Å²) in [5.41, 5.74) is 6.42. The first-order valence-corrected chi connectivity index (χ1v) is 7.80. The molecule has 2 rings (SSSR count). The number of nitrogens with zero attached hydrogens (tertiary/aromatic N) is 1. The average molecular weight is 322 g/mol. The van der Waals surface area contributed by atoms with Gasteiger partial charge in [0.05, 0.1) is 11.8 Å². The van der Waals surface area contributed by atoms with Crippen molar-refractivity contribution in [2.24, 2.45) is 0 Å². The Kier molecular flexibility index (Phi) is 5.47. The summed E-state index contributed by atoms with van der Waals surface area (Å²) in [6.45, 7) is 1.91. The standard InChI is InChI=1S/C15H16ClN3OS/c1-10(12-4-2-3-5-13(12)16)19-15(20)9-21-11-6-7-14(17)18-8-11/h2-8,10H,9H2,1H3,(H2,17,18)(H,19,20). The van der Waals surface area contributed by atoms with Crippen LogP contribution in [0.1, 0.15) is 18.5 Å².